The van der Waals surface area contributed by atoms with E-state index in [-0.39, 0.29) is 5.82 Å². The maximum absolute atomic E-state index is 13.1. The number of thioether (sulfide) groups is 1. The van der Waals surface area contributed by atoms with Crippen molar-refractivity contribution in [3.63, 3.8) is 0 Å². The number of methoxy groups -OCH3 is 1. The lowest BCUT2D eigenvalue weighted by atomic mass is 10.2. The first-order valence-electron chi connectivity index (χ1n) is 5.93. The number of hydrogen-bond acceptors (Lipinski definition) is 3. The lowest BCUT2D eigenvalue weighted by molar-refractivity contribution is 0.413. The van der Waals surface area contributed by atoms with E-state index in [1.807, 2.05) is 0 Å². The fourth-order valence-corrected chi connectivity index (χ4v) is 2.16. The number of anilines is 1. The lowest BCUT2D eigenvalue weighted by Gasteiger charge is -2.11. The molecule has 4 heteroatoms. The first-order chi connectivity index (χ1) is 9.22. The van der Waals surface area contributed by atoms with E-state index in [0.717, 1.165) is 5.69 Å². The topological polar surface area (TPSA) is 21.3 Å². The number of benzene rings is 2. The predicted octanol–water partition coefficient (Wildman–Crippen LogP) is 4.17. The first-order valence-corrected chi connectivity index (χ1v) is 7.15. The van der Waals surface area contributed by atoms with Gasteiger partial charge in [0, 0.05) is 17.5 Å². The number of rotatable bonds is 5. The van der Waals surface area contributed by atoms with Crippen LogP contribution in [0.1, 0.15) is 5.56 Å². The van der Waals surface area contributed by atoms with E-state index in [1.165, 1.54) is 29.7 Å². The number of hydrogen-bond donors (Lipinski definition) is 1. The van der Waals surface area contributed by atoms with Crippen molar-refractivity contribution in [3.8, 4) is 5.75 Å². The Morgan fingerprint density at radius 2 is 1.89 bits per heavy atom. The molecular formula is C15H16FNOS. The normalized spacial score (nSPS) is 10.3. The lowest BCUT2D eigenvalue weighted by Crippen LogP contribution is -2.01. The Bertz CT molecular complexity index is 542. The van der Waals surface area contributed by atoms with Crippen LogP contribution in [0, 0.1) is 5.82 Å². The van der Waals surface area contributed by atoms with Gasteiger partial charge < -0.3 is 10.1 Å². The van der Waals surface area contributed by atoms with Crippen molar-refractivity contribution in [1.29, 1.82) is 0 Å². The summed E-state index contributed by atoms with van der Waals surface area (Å²) in [4.78, 5) is 1.24. The van der Waals surface area contributed by atoms with E-state index >= 15 is 0 Å². The fourth-order valence-electron chi connectivity index (χ4n) is 1.75. The van der Waals surface area contributed by atoms with Crippen LogP contribution in [-0.4, -0.2) is 13.4 Å². The predicted molar refractivity (Wildman–Crippen MR) is 78.5 cm³/mol. The molecule has 0 spiro atoms. The molecule has 0 radical (unpaired) electrons. The minimum absolute atomic E-state index is 0.299. The highest BCUT2D eigenvalue weighted by Crippen LogP contribution is 2.25. The SMILES string of the molecule is COc1cc(F)ccc1NCc1ccc(SC)cc1. The van der Waals surface area contributed by atoms with E-state index in [2.05, 4.69) is 35.8 Å². The maximum atomic E-state index is 13.1. The zero-order valence-electron chi connectivity index (χ0n) is 10.9. The second kappa shape index (κ2) is 6.48. The molecule has 0 bridgehead atoms. The summed E-state index contributed by atoms with van der Waals surface area (Å²) in [5.74, 6) is 0.215. The van der Waals surface area contributed by atoms with Gasteiger partial charge in [-0.25, -0.2) is 4.39 Å². The largest absolute Gasteiger partial charge is 0.494 e. The Kier molecular flexibility index (Phi) is 4.68. The standard InChI is InChI=1S/C15H16FNOS/c1-18-15-9-12(16)5-8-14(15)17-10-11-3-6-13(19-2)7-4-11/h3-9,17H,10H2,1-2H3. The third-order valence-electron chi connectivity index (χ3n) is 2.81. The molecule has 0 saturated heterocycles. The van der Waals surface area contributed by atoms with Crippen molar-refractivity contribution in [2.75, 3.05) is 18.7 Å². The minimum atomic E-state index is -0.299. The third-order valence-corrected chi connectivity index (χ3v) is 3.55. The molecule has 2 aromatic rings. The van der Waals surface area contributed by atoms with Gasteiger partial charge in [-0.3, -0.25) is 0 Å². The van der Waals surface area contributed by atoms with Crippen LogP contribution in [0.3, 0.4) is 0 Å². The van der Waals surface area contributed by atoms with E-state index in [0.29, 0.717) is 12.3 Å². The van der Waals surface area contributed by atoms with Crippen molar-refractivity contribution in [2.24, 2.45) is 0 Å². The second-order valence-electron chi connectivity index (χ2n) is 4.05. The van der Waals surface area contributed by atoms with Crippen LogP contribution in [0.25, 0.3) is 0 Å². The van der Waals surface area contributed by atoms with E-state index < -0.39 is 0 Å². The van der Waals surface area contributed by atoms with Gasteiger partial charge in [0.2, 0.25) is 0 Å². The van der Waals surface area contributed by atoms with Crippen molar-refractivity contribution < 1.29 is 9.13 Å². The van der Waals surface area contributed by atoms with Gasteiger partial charge in [-0.15, -0.1) is 11.8 Å². The highest BCUT2D eigenvalue weighted by Gasteiger charge is 2.04. The Morgan fingerprint density at radius 1 is 1.16 bits per heavy atom. The van der Waals surface area contributed by atoms with Gasteiger partial charge >= 0.3 is 0 Å². The van der Waals surface area contributed by atoms with Gasteiger partial charge in [-0.1, -0.05) is 12.1 Å². The minimum Gasteiger partial charge on any atom is -0.494 e. The van der Waals surface area contributed by atoms with Crippen molar-refractivity contribution in [2.45, 2.75) is 11.4 Å². The van der Waals surface area contributed by atoms with E-state index in [4.69, 9.17) is 4.74 Å². The molecule has 0 atom stereocenters. The summed E-state index contributed by atoms with van der Waals surface area (Å²) in [7, 11) is 1.53. The van der Waals surface area contributed by atoms with Crippen LogP contribution >= 0.6 is 11.8 Å². The smallest absolute Gasteiger partial charge is 0.144 e. The third kappa shape index (κ3) is 3.64. The van der Waals surface area contributed by atoms with Crippen LogP contribution in [-0.2, 0) is 6.54 Å². The highest BCUT2D eigenvalue weighted by atomic mass is 32.2. The molecule has 2 nitrogen and oxygen atoms in total. The summed E-state index contributed by atoms with van der Waals surface area (Å²) in [6.45, 7) is 0.677. The molecule has 0 aliphatic carbocycles. The quantitative estimate of drug-likeness (QED) is 0.829. The van der Waals surface area contributed by atoms with Crippen LogP contribution < -0.4 is 10.1 Å². The Balaban J connectivity index is 2.05. The Morgan fingerprint density at radius 3 is 2.53 bits per heavy atom. The molecule has 0 amide bonds. The molecule has 0 heterocycles. The summed E-state index contributed by atoms with van der Waals surface area (Å²) in [5.41, 5.74) is 1.96. The molecule has 100 valence electrons. The van der Waals surface area contributed by atoms with Crippen LogP contribution in [0.4, 0.5) is 10.1 Å². The Labute approximate surface area is 117 Å². The van der Waals surface area contributed by atoms with Crippen molar-refractivity contribution in [1.82, 2.24) is 0 Å². The molecule has 0 saturated carbocycles. The summed E-state index contributed by atoms with van der Waals surface area (Å²) in [5, 5.41) is 3.25. The van der Waals surface area contributed by atoms with Gasteiger partial charge in [-0.2, -0.15) is 0 Å². The average molecular weight is 277 g/mol. The molecule has 1 N–H and O–H groups in total. The summed E-state index contributed by atoms with van der Waals surface area (Å²) >= 11 is 1.72. The molecule has 2 aromatic carbocycles. The van der Waals surface area contributed by atoms with E-state index in [1.54, 1.807) is 17.8 Å². The van der Waals surface area contributed by atoms with Crippen LogP contribution in [0.5, 0.6) is 5.75 Å². The zero-order chi connectivity index (χ0) is 13.7. The summed E-state index contributed by atoms with van der Waals surface area (Å²) < 4.78 is 18.2. The highest BCUT2D eigenvalue weighted by molar-refractivity contribution is 7.98. The van der Waals surface area contributed by atoms with E-state index in [9.17, 15) is 4.39 Å². The van der Waals surface area contributed by atoms with Crippen LogP contribution in [0.15, 0.2) is 47.4 Å². The maximum Gasteiger partial charge on any atom is 0.144 e. The summed E-state index contributed by atoms with van der Waals surface area (Å²) in [6.07, 6.45) is 2.05. The first kappa shape index (κ1) is 13.7. The molecule has 19 heavy (non-hydrogen) atoms. The van der Waals surface area contributed by atoms with Gasteiger partial charge in [-0.05, 0) is 36.1 Å². The monoisotopic (exact) mass is 277 g/mol. The van der Waals surface area contributed by atoms with Gasteiger partial charge in [0.1, 0.15) is 11.6 Å². The van der Waals surface area contributed by atoms with Gasteiger partial charge in [0.05, 0.1) is 12.8 Å². The molecule has 0 aliphatic rings. The van der Waals surface area contributed by atoms with Crippen molar-refractivity contribution >= 4 is 17.4 Å². The number of nitrogens with one attached hydrogen (secondary N) is 1. The molecule has 2 rings (SSSR count). The number of ether oxygens (including phenoxy) is 1. The number of halogens is 1. The molecular weight excluding hydrogens is 261 g/mol. The fraction of sp³-hybridized carbons (Fsp3) is 0.200. The molecule has 0 fully saturated rings. The summed E-state index contributed by atoms with van der Waals surface area (Å²) in [6, 6.07) is 12.8. The average Bonchev–Trinajstić information content (AvgIpc) is 2.46. The Hall–Kier alpha value is -1.68. The van der Waals surface area contributed by atoms with Gasteiger partial charge in [0.15, 0.2) is 0 Å². The molecule has 0 aromatic heterocycles. The molecule has 0 aliphatic heterocycles. The molecule has 0 unspecified atom stereocenters. The van der Waals surface area contributed by atoms with Gasteiger partial charge in [0.25, 0.3) is 0 Å². The van der Waals surface area contributed by atoms with Crippen molar-refractivity contribution in [3.05, 3.63) is 53.8 Å². The zero-order valence-corrected chi connectivity index (χ0v) is 11.8. The van der Waals surface area contributed by atoms with Crippen LogP contribution in [0.2, 0.25) is 0 Å². The second-order valence-corrected chi connectivity index (χ2v) is 4.93.